The molecule has 1 aliphatic rings. The van der Waals surface area contributed by atoms with Crippen molar-refractivity contribution in [3.8, 4) is 11.5 Å². The Balaban J connectivity index is 2.34. The number of carbonyl (C=O) groups is 2. The van der Waals surface area contributed by atoms with Gasteiger partial charge in [0.05, 0.1) is 17.2 Å². The lowest BCUT2D eigenvalue weighted by molar-refractivity contribution is -0.137. The molecule has 0 aliphatic carbocycles. The Kier molecular flexibility index (Phi) is 3.19. The van der Waals surface area contributed by atoms with Crippen molar-refractivity contribution in [1.29, 1.82) is 0 Å². The van der Waals surface area contributed by atoms with Crippen LogP contribution in [0.4, 0.5) is 0 Å². The number of ketones is 1. The summed E-state index contributed by atoms with van der Waals surface area (Å²) >= 11 is 5.96. The number of hydrogen-bond donors (Lipinski definition) is 0. The number of halogens is 1. The molecule has 6 heteroatoms. The molecule has 0 fully saturated rings. The van der Waals surface area contributed by atoms with E-state index < -0.39 is 11.8 Å². The van der Waals surface area contributed by atoms with Gasteiger partial charge in [0.15, 0.2) is 11.5 Å². The molecule has 0 saturated heterocycles. The molecule has 0 saturated carbocycles. The molecule has 0 unspecified atom stereocenters. The summed E-state index contributed by atoms with van der Waals surface area (Å²) in [5.41, 5.74) is 0.0503. The first-order chi connectivity index (χ1) is 8.15. The first-order valence-corrected chi connectivity index (χ1v) is 5.32. The van der Waals surface area contributed by atoms with E-state index in [1.165, 1.54) is 12.1 Å². The molecule has 1 aliphatic heterocycles. The molecular formula is C11H9ClO5. The third-order valence-electron chi connectivity index (χ3n) is 2.18. The van der Waals surface area contributed by atoms with Crippen LogP contribution in [-0.4, -0.2) is 25.2 Å². The number of hydrogen-bond acceptors (Lipinski definition) is 5. The molecule has 5 nitrogen and oxygen atoms in total. The highest BCUT2D eigenvalue weighted by atomic mass is 35.5. The van der Waals surface area contributed by atoms with Crippen LogP contribution in [0.15, 0.2) is 12.1 Å². The Morgan fingerprint density at radius 3 is 2.88 bits per heavy atom. The highest BCUT2D eigenvalue weighted by Crippen LogP contribution is 2.40. The predicted molar refractivity (Wildman–Crippen MR) is 58.5 cm³/mol. The molecule has 0 atom stereocenters. The van der Waals surface area contributed by atoms with Gasteiger partial charge in [-0.1, -0.05) is 11.6 Å². The molecule has 1 aromatic carbocycles. The first kappa shape index (κ1) is 11.7. The number of carbonyl (C=O) groups excluding carboxylic acids is 2. The van der Waals surface area contributed by atoms with Crippen molar-refractivity contribution in [2.45, 2.75) is 6.92 Å². The van der Waals surface area contributed by atoms with Gasteiger partial charge >= 0.3 is 5.97 Å². The van der Waals surface area contributed by atoms with Gasteiger partial charge in [0, 0.05) is 0 Å². The van der Waals surface area contributed by atoms with Crippen molar-refractivity contribution in [2.24, 2.45) is 0 Å². The van der Waals surface area contributed by atoms with E-state index in [-0.39, 0.29) is 29.7 Å². The lowest BCUT2D eigenvalue weighted by Crippen LogP contribution is -2.17. The van der Waals surface area contributed by atoms with Gasteiger partial charge in [-0.3, -0.25) is 4.79 Å². The summed E-state index contributed by atoms with van der Waals surface area (Å²) in [6.07, 6.45) is 0. The third-order valence-corrected chi connectivity index (χ3v) is 2.56. The molecule has 0 bridgehead atoms. The van der Waals surface area contributed by atoms with Crippen LogP contribution in [0.2, 0.25) is 5.02 Å². The monoisotopic (exact) mass is 256 g/mol. The summed E-state index contributed by atoms with van der Waals surface area (Å²) in [6, 6.07) is 2.94. The molecule has 0 amide bonds. The zero-order chi connectivity index (χ0) is 12.4. The summed E-state index contributed by atoms with van der Waals surface area (Å²) in [5.74, 6) is -0.999. The van der Waals surface area contributed by atoms with Gasteiger partial charge in [-0.25, -0.2) is 4.79 Å². The zero-order valence-corrected chi connectivity index (χ0v) is 9.74. The predicted octanol–water partition coefficient (Wildman–Crippen LogP) is 1.81. The van der Waals surface area contributed by atoms with Crippen LogP contribution in [0, 0.1) is 0 Å². The molecule has 1 aromatic rings. The zero-order valence-electron chi connectivity index (χ0n) is 8.99. The number of rotatable bonds is 3. The second-order valence-corrected chi connectivity index (χ2v) is 3.59. The van der Waals surface area contributed by atoms with E-state index >= 15 is 0 Å². The van der Waals surface area contributed by atoms with Gasteiger partial charge in [0.25, 0.3) is 5.78 Å². The van der Waals surface area contributed by atoms with Crippen molar-refractivity contribution in [3.63, 3.8) is 0 Å². The van der Waals surface area contributed by atoms with Crippen molar-refractivity contribution >= 4 is 23.4 Å². The maximum atomic E-state index is 11.7. The average molecular weight is 257 g/mol. The number of fused-ring (bicyclic) bond motifs is 1. The van der Waals surface area contributed by atoms with E-state index in [0.717, 1.165) is 0 Å². The highest BCUT2D eigenvalue weighted by molar-refractivity contribution is 6.46. The minimum atomic E-state index is -0.937. The lowest BCUT2D eigenvalue weighted by Gasteiger charge is -2.05. The van der Waals surface area contributed by atoms with Crippen LogP contribution >= 0.6 is 11.6 Å². The smallest absolute Gasteiger partial charge is 0.379 e. The third kappa shape index (κ3) is 2.06. The Morgan fingerprint density at radius 1 is 1.41 bits per heavy atom. The fourth-order valence-electron chi connectivity index (χ4n) is 1.42. The van der Waals surface area contributed by atoms with E-state index in [2.05, 4.69) is 4.74 Å². The molecule has 2 rings (SSSR count). The SMILES string of the molecule is CCOC(=O)C(=O)c1ccc2c(c1Cl)OCO2. The summed E-state index contributed by atoms with van der Waals surface area (Å²) in [6.45, 7) is 1.80. The van der Waals surface area contributed by atoms with Gasteiger partial charge in [0.1, 0.15) is 0 Å². The van der Waals surface area contributed by atoms with Crippen LogP contribution < -0.4 is 9.47 Å². The fraction of sp³-hybridized carbons (Fsp3) is 0.273. The number of benzene rings is 1. The number of Topliss-reactive ketones (excluding diaryl/α,β-unsaturated/α-hetero) is 1. The Hall–Kier alpha value is -1.75. The summed E-state index contributed by atoms with van der Waals surface area (Å²) in [7, 11) is 0. The molecule has 0 radical (unpaired) electrons. The maximum Gasteiger partial charge on any atom is 0.379 e. The summed E-state index contributed by atoms with van der Waals surface area (Å²) in [5, 5.41) is 0.0676. The molecule has 0 aromatic heterocycles. The number of esters is 1. The van der Waals surface area contributed by atoms with Crippen LogP contribution in [-0.2, 0) is 9.53 Å². The van der Waals surface area contributed by atoms with Gasteiger partial charge in [-0.05, 0) is 19.1 Å². The minimum Gasteiger partial charge on any atom is -0.460 e. The van der Waals surface area contributed by atoms with E-state index in [9.17, 15) is 9.59 Å². The Labute approximate surface area is 102 Å². The highest BCUT2D eigenvalue weighted by Gasteiger charge is 2.26. The van der Waals surface area contributed by atoms with Crippen LogP contribution in [0.5, 0.6) is 11.5 Å². The normalized spacial score (nSPS) is 12.4. The quantitative estimate of drug-likeness (QED) is 0.469. The van der Waals surface area contributed by atoms with Crippen LogP contribution in [0.3, 0.4) is 0 Å². The average Bonchev–Trinajstić information content (AvgIpc) is 2.78. The summed E-state index contributed by atoms with van der Waals surface area (Å²) in [4.78, 5) is 23.0. The van der Waals surface area contributed by atoms with Crippen LogP contribution in [0.25, 0.3) is 0 Å². The topological polar surface area (TPSA) is 61.8 Å². The van der Waals surface area contributed by atoms with E-state index in [4.69, 9.17) is 21.1 Å². The van der Waals surface area contributed by atoms with Crippen molar-refractivity contribution in [2.75, 3.05) is 13.4 Å². The molecule has 0 spiro atoms. The molecular weight excluding hydrogens is 248 g/mol. The van der Waals surface area contributed by atoms with Gasteiger partial charge in [-0.2, -0.15) is 0 Å². The van der Waals surface area contributed by atoms with Gasteiger partial charge < -0.3 is 14.2 Å². The Morgan fingerprint density at radius 2 is 2.18 bits per heavy atom. The fourth-order valence-corrected chi connectivity index (χ4v) is 1.72. The van der Waals surface area contributed by atoms with Gasteiger partial charge in [0.2, 0.25) is 6.79 Å². The van der Waals surface area contributed by atoms with E-state index in [1.807, 2.05) is 0 Å². The second-order valence-electron chi connectivity index (χ2n) is 3.21. The molecule has 0 N–H and O–H groups in total. The van der Waals surface area contributed by atoms with E-state index in [0.29, 0.717) is 5.75 Å². The standard InChI is InChI=1S/C11H9ClO5/c1-2-15-11(14)9(13)6-3-4-7-10(8(6)12)17-5-16-7/h3-4H,2,5H2,1H3. The lowest BCUT2D eigenvalue weighted by atomic mass is 10.1. The molecule has 17 heavy (non-hydrogen) atoms. The largest absolute Gasteiger partial charge is 0.460 e. The number of ether oxygens (including phenoxy) is 3. The van der Waals surface area contributed by atoms with Crippen molar-refractivity contribution in [3.05, 3.63) is 22.7 Å². The van der Waals surface area contributed by atoms with Gasteiger partial charge in [-0.15, -0.1) is 0 Å². The second kappa shape index (κ2) is 4.63. The first-order valence-electron chi connectivity index (χ1n) is 4.94. The Bertz CT molecular complexity index is 483. The summed E-state index contributed by atoms with van der Waals surface area (Å²) < 4.78 is 14.8. The van der Waals surface area contributed by atoms with Crippen molar-refractivity contribution < 1.29 is 23.8 Å². The molecule has 1 heterocycles. The van der Waals surface area contributed by atoms with Crippen molar-refractivity contribution in [1.82, 2.24) is 0 Å². The molecule has 90 valence electrons. The van der Waals surface area contributed by atoms with Crippen LogP contribution in [0.1, 0.15) is 17.3 Å². The maximum absolute atomic E-state index is 11.7. The minimum absolute atomic E-state index is 0.0477. The van der Waals surface area contributed by atoms with E-state index in [1.54, 1.807) is 6.92 Å².